The fraction of sp³-hybridized carbons (Fsp3) is 0.423. The Balaban J connectivity index is 1.94. The molecular formula is C26H32N2O7. The summed E-state index contributed by atoms with van der Waals surface area (Å²) in [4.78, 5) is 48.2. The van der Waals surface area contributed by atoms with Crippen molar-refractivity contribution in [3.8, 4) is 0 Å². The first-order valence-electron chi connectivity index (χ1n) is 11.7. The molecule has 0 amide bonds. The predicted molar refractivity (Wildman–Crippen MR) is 129 cm³/mol. The first kappa shape index (κ1) is 27.7. The van der Waals surface area contributed by atoms with Crippen molar-refractivity contribution in [1.82, 2.24) is 0 Å². The number of rotatable bonds is 15. The van der Waals surface area contributed by atoms with Gasteiger partial charge in [-0.05, 0) is 29.7 Å². The molecule has 2 atom stereocenters. The molecule has 0 aliphatic rings. The number of unbranched alkanes of at least 4 members (excludes halogenated alkanes) is 3. The lowest BCUT2D eigenvalue weighted by atomic mass is 9.92. The van der Waals surface area contributed by atoms with Gasteiger partial charge in [0.15, 0.2) is 0 Å². The van der Waals surface area contributed by atoms with Crippen LogP contribution in [0.15, 0.2) is 54.6 Å². The van der Waals surface area contributed by atoms with Crippen LogP contribution in [0.25, 0.3) is 0 Å². The highest BCUT2D eigenvalue weighted by molar-refractivity contribution is 6.00. The van der Waals surface area contributed by atoms with E-state index in [1.54, 1.807) is 12.1 Å². The van der Waals surface area contributed by atoms with Crippen molar-refractivity contribution in [2.75, 3.05) is 0 Å². The lowest BCUT2D eigenvalue weighted by Crippen LogP contribution is -2.38. The van der Waals surface area contributed by atoms with Gasteiger partial charge in [-0.25, -0.2) is 0 Å². The molecule has 0 radical (unpaired) electrons. The van der Waals surface area contributed by atoms with Gasteiger partial charge in [-0.15, -0.1) is 0 Å². The van der Waals surface area contributed by atoms with Crippen molar-refractivity contribution in [2.24, 2.45) is 11.7 Å². The van der Waals surface area contributed by atoms with Crippen molar-refractivity contribution in [3.63, 3.8) is 0 Å². The monoisotopic (exact) mass is 484 g/mol. The minimum Gasteiger partial charge on any atom is -0.460 e. The molecule has 2 rings (SSSR count). The average molecular weight is 485 g/mol. The molecule has 0 heterocycles. The van der Waals surface area contributed by atoms with E-state index in [9.17, 15) is 24.5 Å². The van der Waals surface area contributed by atoms with Crippen molar-refractivity contribution >= 4 is 23.4 Å². The number of esters is 2. The number of hydrogen-bond acceptors (Lipinski definition) is 8. The summed E-state index contributed by atoms with van der Waals surface area (Å²) < 4.78 is 10.5. The molecule has 9 nitrogen and oxygen atoms in total. The van der Waals surface area contributed by atoms with Gasteiger partial charge >= 0.3 is 11.9 Å². The largest absolute Gasteiger partial charge is 0.460 e. The number of Topliss-reactive ketones (excluding diaryl/α,β-unsaturated/α-hetero) is 1. The number of benzene rings is 2. The highest BCUT2D eigenvalue weighted by atomic mass is 16.6. The van der Waals surface area contributed by atoms with E-state index in [0.29, 0.717) is 18.4 Å². The van der Waals surface area contributed by atoms with Gasteiger partial charge in [0.05, 0.1) is 4.92 Å². The van der Waals surface area contributed by atoms with Crippen LogP contribution >= 0.6 is 0 Å². The van der Waals surface area contributed by atoms with Gasteiger partial charge in [-0.2, -0.15) is 0 Å². The molecule has 35 heavy (non-hydrogen) atoms. The molecule has 188 valence electrons. The second-order valence-electron chi connectivity index (χ2n) is 8.30. The van der Waals surface area contributed by atoms with E-state index >= 15 is 0 Å². The van der Waals surface area contributed by atoms with Crippen molar-refractivity contribution in [2.45, 2.75) is 64.7 Å². The number of nitrogens with zero attached hydrogens (tertiary/aromatic N) is 1. The predicted octanol–water partition coefficient (Wildman–Crippen LogP) is 4.25. The van der Waals surface area contributed by atoms with Crippen molar-refractivity contribution < 1.29 is 28.8 Å². The molecule has 0 saturated carbocycles. The number of nitrogens with two attached hydrogens (primary N) is 1. The lowest BCUT2D eigenvalue weighted by molar-refractivity contribution is -0.384. The van der Waals surface area contributed by atoms with E-state index in [2.05, 4.69) is 6.92 Å². The smallest absolute Gasteiger partial charge is 0.323 e. The second-order valence-corrected chi connectivity index (χ2v) is 8.30. The normalized spacial score (nSPS) is 12.4. The Kier molecular flexibility index (Phi) is 11.6. The average Bonchev–Trinajstić information content (AvgIpc) is 2.86. The summed E-state index contributed by atoms with van der Waals surface area (Å²) in [5.41, 5.74) is 7.18. The van der Waals surface area contributed by atoms with Crippen LogP contribution in [0, 0.1) is 16.0 Å². The zero-order chi connectivity index (χ0) is 25.6. The number of nitro benzene ring substituents is 1. The van der Waals surface area contributed by atoms with Crippen LogP contribution in [0.5, 0.6) is 0 Å². The highest BCUT2D eigenvalue weighted by Gasteiger charge is 2.31. The molecule has 9 heteroatoms. The third-order valence-electron chi connectivity index (χ3n) is 5.50. The first-order valence-corrected chi connectivity index (χ1v) is 11.7. The summed E-state index contributed by atoms with van der Waals surface area (Å²) in [6, 6.07) is 13.5. The topological polar surface area (TPSA) is 139 Å². The zero-order valence-corrected chi connectivity index (χ0v) is 19.9. The molecule has 0 aliphatic carbocycles. The van der Waals surface area contributed by atoms with E-state index in [0.717, 1.165) is 24.8 Å². The van der Waals surface area contributed by atoms with Gasteiger partial charge in [0.25, 0.3) is 5.69 Å². The van der Waals surface area contributed by atoms with Crippen LogP contribution in [-0.2, 0) is 37.1 Å². The second kappa shape index (κ2) is 14.6. The van der Waals surface area contributed by atoms with Crippen molar-refractivity contribution in [3.05, 3.63) is 75.8 Å². The minimum absolute atomic E-state index is 0.0410. The van der Waals surface area contributed by atoms with E-state index < -0.39 is 34.6 Å². The maximum atomic E-state index is 12.9. The molecule has 0 bridgehead atoms. The fourth-order valence-electron chi connectivity index (χ4n) is 3.43. The van der Waals surface area contributed by atoms with Gasteiger partial charge in [-0.3, -0.25) is 24.5 Å². The minimum atomic E-state index is -1.19. The third kappa shape index (κ3) is 9.66. The van der Waals surface area contributed by atoms with Crippen LogP contribution in [-0.4, -0.2) is 28.7 Å². The van der Waals surface area contributed by atoms with E-state index in [1.165, 1.54) is 24.3 Å². The van der Waals surface area contributed by atoms with Crippen LogP contribution in [0.4, 0.5) is 5.69 Å². The molecule has 0 aromatic heterocycles. The maximum Gasteiger partial charge on any atom is 0.323 e. The standard InChI is InChI=1S/C26H32N2O7/c1-2-3-4-8-11-22(25(30)34-18-20-12-14-21(15-13-20)28(32)33)24(29)16-23(27)26(31)35-17-19-9-6-5-7-10-19/h5-7,9-10,12-15,22-23H,2-4,8,11,16-18,27H2,1H3. The summed E-state index contributed by atoms with van der Waals surface area (Å²) in [7, 11) is 0. The van der Waals surface area contributed by atoms with Gasteiger partial charge in [0, 0.05) is 18.6 Å². The molecule has 2 N–H and O–H groups in total. The van der Waals surface area contributed by atoms with Gasteiger partial charge < -0.3 is 15.2 Å². The summed E-state index contributed by atoms with van der Waals surface area (Å²) in [6.45, 7) is 1.97. The molecule has 0 aliphatic heterocycles. The molecule has 0 spiro atoms. The first-order chi connectivity index (χ1) is 16.8. The summed E-state index contributed by atoms with van der Waals surface area (Å²) in [5, 5.41) is 10.8. The van der Waals surface area contributed by atoms with Crippen LogP contribution in [0.3, 0.4) is 0 Å². The van der Waals surface area contributed by atoms with Gasteiger partial charge in [0.2, 0.25) is 0 Å². The number of non-ortho nitro benzene ring substituents is 1. The number of hydrogen-bond donors (Lipinski definition) is 1. The Bertz CT molecular complexity index is 977. The Morgan fingerprint density at radius 1 is 0.886 bits per heavy atom. The lowest BCUT2D eigenvalue weighted by Gasteiger charge is -2.17. The van der Waals surface area contributed by atoms with Crippen LogP contribution < -0.4 is 5.73 Å². The Morgan fingerprint density at radius 3 is 2.09 bits per heavy atom. The Labute approximate surface area is 204 Å². The molecule has 2 unspecified atom stereocenters. The fourth-order valence-corrected chi connectivity index (χ4v) is 3.43. The molecule has 0 saturated heterocycles. The van der Waals surface area contributed by atoms with E-state index in [4.69, 9.17) is 15.2 Å². The third-order valence-corrected chi connectivity index (χ3v) is 5.50. The molecule has 0 fully saturated rings. The number of nitro groups is 1. The van der Waals surface area contributed by atoms with Crippen LogP contribution in [0.2, 0.25) is 0 Å². The number of carbonyl (C=O) groups is 3. The number of carbonyl (C=O) groups excluding carboxylic acids is 3. The van der Waals surface area contributed by atoms with Gasteiger partial charge in [0.1, 0.15) is 31.0 Å². The summed E-state index contributed by atoms with van der Waals surface area (Å²) in [6.07, 6.45) is 3.46. The SMILES string of the molecule is CCCCCCC(C(=O)CC(N)C(=O)OCc1ccccc1)C(=O)OCc1ccc([N+](=O)[O-])cc1. The Morgan fingerprint density at radius 2 is 1.49 bits per heavy atom. The zero-order valence-electron chi connectivity index (χ0n) is 19.9. The number of ether oxygens (including phenoxy) is 2. The molecule has 2 aromatic carbocycles. The maximum absolute atomic E-state index is 12.9. The molecule has 2 aromatic rings. The summed E-state index contributed by atoms with van der Waals surface area (Å²) in [5.74, 6) is -2.93. The van der Waals surface area contributed by atoms with E-state index in [1.807, 2.05) is 18.2 Å². The molecular weight excluding hydrogens is 452 g/mol. The highest BCUT2D eigenvalue weighted by Crippen LogP contribution is 2.19. The summed E-state index contributed by atoms with van der Waals surface area (Å²) >= 11 is 0. The van der Waals surface area contributed by atoms with Crippen molar-refractivity contribution in [1.29, 1.82) is 0 Å². The van der Waals surface area contributed by atoms with Crippen LogP contribution in [0.1, 0.15) is 56.6 Å². The van der Waals surface area contributed by atoms with E-state index in [-0.39, 0.29) is 25.3 Å². The van der Waals surface area contributed by atoms with Gasteiger partial charge in [-0.1, -0.05) is 62.9 Å². The quantitative estimate of drug-likeness (QED) is 0.130. The number of ketones is 1. The Hall–Kier alpha value is -3.59.